The van der Waals surface area contributed by atoms with Crippen molar-refractivity contribution in [2.45, 2.75) is 26.8 Å². The van der Waals surface area contributed by atoms with Crippen LogP contribution in [-0.4, -0.2) is 48.9 Å². The lowest BCUT2D eigenvalue weighted by Gasteiger charge is -2.29. The number of hydrogen-bond donors (Lipinski definition) is 1. The molecular formula is C16H27N3O. The monoisotopic (exact) mass is 277 g/mol. The summed E-state index contributed by atoms with van der Waals surface area (Å²) < 4.78 is 0. The first-order valence-corrected chi connectivity index (χ1v) is 7.28. The number of benzene rings is 1. The zero-order chi connectivity index (χ0) is 15.1. The summed E-state index contributed by atoms with van der Waals surface area (Å²) in [5.74, 6) is 0.156. The van der Waals surface area contributed by atoms with E-state index in [1.54, 1.807) is 0 Å². The van der Waals surface area contributed by atoms with Gasteiger partial charge in [0.1, 0.15) is 0 Å². The van der Waals surface area contributed by atoms with Gasteiger partial charge in [0.2, 0.25) is 5.91 Å². The van der Waals surface area contributed by atoms with E-state index < -0.39 is 0 Å². The van der Waals surface area contributed by atoms with Crippen molar-refractivity contribution in [1.29, 1.82) is 0 Å². The lowest BCUT2D eigenvalue weighted by Crippen LogP contribution is -2.41. The molecule has 0 saturated heterocycles. The van der Waals surface area contributed by atoms with Gasteiger partial charge in [0.05, 0.1) is 6.54 Å². The van der Waals surface area contributed by atoms with Crippen LogP contribution in [0.4, 0.5) is 0 Å². The SMILES string of the molecule is CCN(CC)C(=O)CN(C)C(CN)c1ccc(C)cc1. The predicted octanol–water partition coefficient (Wildman–Crippen LogP) is 1.80. The fraction of sp³-hybridized carbons (Fsp3) is 0.562. The molecule has 0 aliphatic heterocycles. The van der Waals surface area contributed by atoms with Crippen LogP contribution in [0.2, 0.25) is 0 Å². The Balaban J connectivity index is 2.74. The smallest absolute Gasteiger partial charge is 0.236 e. The Kier molecular flexibility index (Phi) is 6.68. The van der Waals surface area contributed by atoms with Crippen LogP contribution in [-0.2, 0) is 4.79 Å². The summed E-state index contributed by atoms with van der Waals surface area (Å²) in [6.45, 7) is 8.48. The summed E-state index contributed by atoms with van der Waals surface area (Å²) in [6.07, 6.45) is 0. The minimum Gasteiger partial charge on any atom is -0.342 e. The van der Waals surface area contributed by atoms with Crippen LogP contribution in [0.25, 0.3) is 0 Å². The third-order valence-corrected chi connectivity index (χ3v) is 3.72. The Morgan fingerprint density at radius 1 is 1.20 bits per heavy atom. The van der Waals surface area contributed by atoms with Crippen molar-refractivity contribution in [3.63, 3.8) is 0 Å². The molecule has 0 aliphatic rings. The molecule has 2 N–H and O–H groups in total. The molecule has 1 amide bonds. The first kappa shape index (κ1) is 16.7. The molecule has 1 rings (SSSR count). The Morgan fingerprint density at radius 2 is 1.75 bits per heavy atom. The number of aryl methyl sites for hydroxylation is 1. The second-order valence-corrected chi connectivity index (χ2v) is 5.14. The zero-order valence-corrected chi connectivity index (χ0v) is 13.1. The second-order valence-electron chi connectivity index (χ2n) is 5.14. The minimum atomic E-state index is 0.0788. The van der Waals surface area contributed by atoms with E-state index in [2.05, 4.69) is 31.2 Å². The zero-order valence-electron chi connectivity index (χ0n) is 13.1. The number of likely N-dealkylation sites (N-methyl/N-ethyl adjacent to an activating group) is 2. The predicted molar refractivity (Wildman–Crippen MR) is 83.5 cm³/mol. The molecule has 1 atom stereocenters. The Morgan fingerprint density at radius 3 is 2.20 bits per heavy atom. The number of carbonyl (C=O) groups is 1. The van der Waals surface area contributed by atoms with Gasteiger partial charge in [-0.1, -0.05) is 29.8 Å². The fourth-order valence-electron chi connectivity index (χ4n) is 2.36. The van der Waals surface area contributed by atoms with Gasteiger partial charge in [-0.2, -0.15) is 0 Å². The first-order chi connectivity index (χ1) is 9.53. The maximum absolute atomic E-state index is 12.2. The summed E-state index contributed by atoms with van der Waals surface area (Å²) in [7, 11) is 1.96. The molecule has 0 heterocycles. The third kappa shape index (κ3) is 4.32. The molecule has 112 valence electrons. The maximum Gasteiger partial charge on any atom is 0.236 e. The molecule has 0 aromatic heterocycles. The van der Waals surface area contributed by atoms with Gasteiger partial charge in [0.25, 0.3) is 0 Å². The van der Waals surface area contributed by atoms with Crippen molar-refractivity contribution in [2.24, 2.45) is 5.73 Å². The van der Waals surface area contributed by atoms with Crippen LogP contribution in [0.15, 0.2) is 24.3 Å². The third-order valence-electron chi connectivity index (χ3n) is 3.72. The van der Waals surface area contributed by atoms with Gasteiger partial charge in [-0.25, -0.2) is 0 Å². The highest BCUT2D eigenvalue weighted by atomic mass is 16.2. The van der Waals surface area contributed by atoms with Gasteiger partial charge >= 0.3 is 0 Å². The minimum absolute atomic E-state index is 0.0788. The van der Waals surface area contributed by atoms with Crippen LogP contribution < -0.4 is 5.73 Å². The molecule has 0 spiro atoms. The van der Waals surface area contributed by atoms with E-state index >= 15 is 0 Å². The molecule has 4 nitrogen and oxygen atoms in total. The van der Waals surface area contributed by atoms with Crippen molar-refractivity contribution >= 4 is 5.91 Å². The van der Waals surface area contributed by atoms with Crippen LogP contribution in [0.3, 0.4) is 0 Å². The Hall–Kier alpha value is -1.39. The average Bonchev–Trinajstić information content (AvgIpc) is 2.43. The van der Waals surface area contributed by atoms with Gasteiger partial charge in [-0.3, -0.25) is 9.69 Å². The van der Waals surface area contributed by atoms with E-state index in [1.807, 2.05) is 30.7 Å². The highest BCUT2D eigenvalue weighted by Crippen LogP contribution is 2.18. The van der Waals surface area contributed by atoms with Gasteiger partial charge in [-0.15, -0.1) is 0 Å². The maximum atomic E-state index is 12.2. The van der Waals surface area contributed by atoms with Crippen molar-refractivity contribution in [3.8, 4) is 0 Å². The van der Waals surface area contributed by atoms with Crippen LogP contribution in [0.1, 0.15) is 31.0 Å². The lowest BCUT2D eigenvalue weighted by molar-refractivity contribution is -0.132. The van der Waals surface area contributed by atoms with Crippen molar-refractivity contribution < 1.29 is 4.79 Å². The average molecular weight is 277 g/mol. The summed E-state index contributed by atoms with van der Waals surface area (Å²) in [5.41, 5.74) is 8.28. The Bertz CT molecular complexity index is 412. The molecule has 20 heavy (non-hydrogen) atoms. The van der Waals surface area contributed by atoms with Gasteiger partial charge < -0.3 is 10.6 Å². The van der Waals surface area contributed by atoms with Crippen LogP contribution >= 0.6 is 0 Å². The highest BCUT2D eigenvalue weighted by molar-refractivity contribution is 5.78. The second kappa shape index (κ2) is 8.02. The van der Waals surface area contributed by atoms with Crippen molar-refractivity contribution in [2.75, 3.05) is 33.2 Å². The molecule has 1 aromatic rings. The molecule has 0 fully saturated rings. The highest BCUT2D eigenvalue weighted by Gasteiger charge is 2.19. The van der Waals surface area contributed by atoms with E-state index in [0.29, 0.717) is 13.1 Å². The number of amides is 1. The molecular weight excluding hydrogens is 250 g/mol. The number of hydrogen-bond acceptors (Lipinski definition) is 3. The van der Waals surface area contributed by atoms with E-state index in [9.17, 15) is 4.79 Å². The summed E-state index contributed by atoms with van der Waals surface area (Å²) in [5, 5.41) is 0. The quantitative estimate of drug-likeness (QED) is 0.826. The fourth-order valence-corrected chi connectivity index (χ4v) is 2.36. The van der Waals surface area contributed by atoms with Gasteiger partial charge in [-0.05, 0) is 33.4 Å². The first-order valence-electron chi connectivity index (χ1n) is 7.28. The number of nitrogens with zero attached hydrogens (tertiary/aromatic N) is 2. The van der Waals surface area contributed by atoms with Gasteiger partial charge in [0.15, 0.2) is 0 Å². The number of carbonyl (C=O) groups excluding carboxylic acids is 1. The molecule has 1 unspecified atom stereocenters. The van der Waals surface area contributed by atoms with E-state index in [0.717, 1.165) is 18.7 Å². The lowest BCUT2D eigenvalue weighted by atomic mass is 10.0. The van der Waals surface area contributed by atoms with Crippen LogP contribution in [0, 0.1) is 6.92 Å². The summed E-state index contributed by atoms with van der Waals surface area (Å²) in [6, 6.07) is 8.42. The molecule has 4 heteroatoms. The number of rotatable bonds is 7. The van der Waals surface area contributed by atoms with E-state index in [4.69, 9.17) is 5.73 Å². The topological polar surface area (TPSA) is 49.6 Å². The van der Waals surface area contributed by atoms with Crippen molar-refractivity contribution in [3.05, 3.63) is 35.4 Å². The molecule has 0 saturated carbocycles. The summed E-state index contributed by atoms with van der Waals surface area (Å²) in [4.78, 5) is 16.0. The molecule has 1 aromatic carbocycles. The Labute approximate surface area is 122 Å². The normalized spacial score (nSPS) is 12.5. The number of nitrogens with two attached hydrogens (primary N) is 1. The van der Waals surface area contributed by atoms with Crippen molar-refractivity contribution in [1.82, 2.24) is 9.80 Å². The molecule has 0 aliphatic carbocycles. The van der Waals surface area contributed by atoms with E-state index in [1.165, 1.54) is 5.56 Å². The van der Waals surface area contributed by atoms with E-state index in [-0.39, 0.29) is 11.9 Å². The standard InChI is InChI=1S/C16H27N3O/c1-5-19(6-2)16(20)12-18(4)15(11-17)14-9-7-13(3)8-10-14/h7-10,15H,5-6,11-12,17H2,1-4H3. The summed E-state index contributed by atoms with van der Waals surface area (Å²) >= 11 is 0. The van der Waals surface area contributed by atoms with Crippen LogP contribution in [0.5, 0.6) is 0 Å². The largest absolute Gasteiger partial charge is 0.342 e. The molecule has 0 radical (unpaired) electrons. The van der Waals surface area contributed by atoms with Gasteiger partial charge in [0, 0.05) is 25.7 Å². The molecule has 0 bridgehead atoms.